The Bertz CT molecular complexity index is 724. The first-order valence-electron chi connectivity index (χ1n) is 6.14. The van der Waals surface area contributed by atoms with Crippen molar-refractivity contribution in [2.24, 2.45) is 0 Å². The Labute approximate surface area is 138 Å². The van der Waals surface area contributed by atoms with E-state index >= 15 is 0 Å². The van der Waals surface area contributed by atoms with E-state index < -0.39 is 10.2 Å². The number of methoxy groups -OCH3 is 1. The Morgan fingerprint density at radius 1 is 1.29 bits per heavy atom. The molecule has 0 saturated carbocycles. The largest absolute Gasteiger partial charge is 0.497 e. The molecule has 21 heavy (non-hydrogen) atoms. The molecule has 0 fully saturated rings. The highest BCUT2D eigenvalue weighted by atomic mass is 127. The Hall–Kier alpha value is -1.13. The van der Waals surface area contributed by atoms with Crippen LogP contribution in [0, 0.1) is 3.70 Å². The molecule has 0 aliphatic heterocycles. The van der Waals surface area contributed by atoms with E-state index in [0.717, 1.165) is 11.3 Å². The zero-order chi connectivity index (χ0) is 15.6. The summed E-state index contributed by atoms with van der Waals surface area (Å²) in [5.74, 6) is 0.767. The van der Waals surface area contributed by atoms with Gasteiger partial charge in [-0.1, -0.05) is 12.1 Å². The summed E-state index contributed by atoms with van der Waals surface area (Å²) in [6.45, 7) is 0. The minimum absolute atomic E-state index is 0.481. The molecule has 6 nitrogen and oxygen atoms in total. The SMILES string of the molecule is COc1ccc(Cc2c(I)ncn2S(=O)(=O)N(C)C)cc1. The molecule has 1 heterocycles. The van der Waals surface area contributed by atoms with Crippen molar-refractivity contribution in [1.82, 2.24) is 13.3 Å². The molecular formula is C13H16IN3O3S. The lowest BCUT2D eigenvalue weighted by Crippen LogP contribution is -2.29. The van der Waals surface area contributed by atoms with Crippen molar-refractivity contribution >= 4 is 32.8 Å². The summed E-state index contributed by atoms with van der Waals surface area (Å²) >= 11 is 2.05. The Morgan fingerprint density at radius 2 is 1.90 bits per heavy atom. The smallest absolute Gasteiger partial charge is 0.308 e. The number of nitrogens with zero attached hydrogens (tertiary/aromatic N) is 3. The third-order valence-corrected chi connectivity index (χ3v) is 5.66. The highest BCUT2D eigenvalue weighted by Gasteiger charge is 2.22. The number of halogens is 1. The number of hydrogen-bond donors (Lipinski definition) is 0. The third kappa shape index (κ3) is 3.38. The lowest BCUT2D eigenvalue weighted by atomic mass is 10.1. The topological polar surface area (TPSA) is 64.4 Å². The Kier molecular flexibility index (Phi) is 4.89. The highest BCUT2D eigenvalue weighted by Crippen LogP contribution is 2.20. The van der Waals surface area contributed by atoms with Crippen LogP contribution in [0.3, 0.4) is 0 Å². The molecular weight excluding hydrogens is 405 g/mol. The number of imidazole rings is 1. The van der Waals surface area contributed by atoms with Gasteiger partial charge in [-0.25, -0.2) is 8.96 Å². The Balaban J connectivity index is 2.38. The van der Waals surface area contributed by atoms with Crippen LogP contribution in [0.4, 0.5) is 0 Å². The molecule has 0 spiro atoms. The lowest BCUT2D eigenvalue weighted by molar-refractivity contribution is 0.414. The van der Waals surface area contributed by atoms with E-state index in [9.17, 15) is 8.42 Å². The van der Waals surface area contributed by atoms with Crippen LogP contribution in [-0.4, -0.2) is 42.9 Å². The molecule has 114 valence electrons. The number of aromatic nitrogens is 2. The van der Waals surface area contributed by atoms with Gasteiger partial charge in [-0.3, -0.25) is 0 Å². The van der Waals surface area contributed by atoms with Crippen LogP contribution < -0.4 is 4.74 Å². The summed E-state index contributed by atoms with van der Waals surface area (Å²) in [6, 6.07) is 7.52. The molecule has 0 unspecified atom stereocenters. The third-order valence-electron chi connectivity index (χ3n) is 3.02. The molecule has 2 aromatic rings. The van der Waals surface area contributed by atoms with Gasteiger partial charge in [0, 0.05) is 20.5 Å². The molecule has 0 saturated heterocycles. The molecule has 1 aromatic heterocycles. The molecule has 0 amide bonds. The van der Waals surface area contributed by atoms with Gasteiger partial charge in [0.15, 0.2) is 0 Å². The normalized spacial score (nSPS) is 11.9. The van der Waals surface area contributed by atoms with E-state index in [0.29, 0.717) is 15.8 Å². The van der Waals surface area contributed by atoms with Crippen molar-refractivity contribution in [3.63, 3.8) is 0 Å². The summed E-state index contributed by atoms with van der Waals surface area (Å²) in [6.07, 6.45) is 1.82. The predicted octanol–water partition coefficient (Wildman–Crippen LogP) is 1.74. The second-order valence-electron chi connectivity index (χ2n) is 4.59. The number of ether oxygens (including phenoxy) is 1. The van der Waals surface area contributed by atoms with Crippen LogP contribution in [0.1, 0.15) is 11.3 Å². The molecule has 0 radical (unpaired) electrons. The van der Waals surface area contributed by atoms with Gasteiger partial charge in [0.2, 0.25) is 0 Å². The maximum Gasteiger partial charge on any atom is 0.308 e. The van der Waals surface area contributed by atoms with Crippen LogP contribution in [0.25, 0.3) is 0 Å². The van der Waals surface area contributed by atoms with Crippen molar-refractivity contribution in [2.45, 2.75) is 6.42 Å². The summed E-state index contributed by atoms with van der Waals surface area (Å²) in [7, 11) is 1.04. The molecule has 0 aliphatic carbocycles. The first-order chi connectivity index (χ1) is 9.86. The Morgan fingerprint density at radius 3 is 2.43 bits per heavy atom. The van der Waals surface area contributed by atoms with E-state index in [1.165, 1.54) is 28.7 Å². The van der Waals surface area contributed by atoms with Gasteiger partial charge in [-0.05, 0) is 40.3 Å². The molecule has 0 aliphatic rings. The predicted molar refractivity (Wildman–Crippen MR) is 88.7 cm³/mol. The van der Waals surface area contributed by atoms with Crippen LogP contribution >= 0.6 is 22.6 Å². The second kappa shape index (κ2) is 6.32. The minimum atomic E-state index is -3.56. The van der Waals surface area contributed by atoms with Crippen LogP contribution in [0.2, 0.25) is 0 Å². The van der Waals surface area contributed by atoms with Crippen molar-refractivity contribution in [2.75, 3.05) is 21.2 Å². The van der Waals surface area contributed by atoms with Crippen LogP contribution in [-0.2, 0) is 16.6 Å². The summed E-state index contributed by atoms with van der Waals surface area (Å²) in [5, 5.41) is 0. The van der Waals surface area contributed by atoms with Crippen LogP contribution in [0.15, 0.2) is 30.6 Å². The van der Waals surface area contributed by atoms with Gasteiger partial charge in [0.25, 0.3) is 0 Å². The fourth-order valence-corrected chi connectivity index (χ4v) is 3.49. The summed E-state index contributed by atoms with van der Waals surface area (Å²) in [4.78, 5) is 4.11. The van der Waals surface area contributed by atoms with Gasteiger partial charge in [0.1, 0.15) is 15.8 Å². The van der Waals surface area contributed by atoms with E-state index in [4.69, 9.17) is 4.74 Å². The summed E-state index contributed by atoms with van der Waals surface area (Å²) < 4.78 is 32.7. The molecule has 2 rings (SSSR count). The first kappa shape index (κ1) is 16.2. The number of benzene rings is 1. The molecule has 1 aromatic carbocycles. The van der Waals surface area contributed by atoms with Crippen molar-refractivity contribution in [3.05, 3.63) is 45.6 Å². The maximum atomic E-state index is 12.3. The highest BCUT2D eigenvalue weighted by molar-refractivity contribution is 14.1. The molecule has 8 heteroatoms. The van der Waals surface area contributed by atoms with Crippen LogP contribution in [0.5, 0.6) is 5.75 Å². The van der Waals surface area contributed by atoms with Gasteiger partial charge >= 0.3 is 10.2 Å². The average molecular weight is 421 g/mol. The monoisotopic (exact) mass is 421 g/mol. The van der Waals surface area contributed by atoms with Crippen molar-refractivity contribution in [3.8, 4) is 5.75 Å². The van der Waals surface area contributed by atoms with Crippen molar-refractivity contribution < 1.29 is 13.2 Å². The van der Waals surface area contributed by atoms with E-state index in [1.54, 1.807) is 7.11 Å². The fraction of sp³-hybridized carbons (Fsp3) is 0.308. The quantitative estimate of drug-likeness (QED) is 0.691. The van der Waals surface area contributed by atoms with E-state index in [2.05, 4.69) is 4.98 Å². The van der Waals surface area contributed by atoms with Gasteiger partial charge in [-0.15, -0.1) is 0 Å². The minimum Gasteiger partial charge on any atom is -0.497 e. The zero-order valence-electron chi connectivity index (χ0n) is 11.9. The molecule has 0 N–H and O–H groups in total. The fourth-order valence-electron chi connectivity index (χ4n) is 1.80. The molecule has 0 atom stereocenters. The van der Waals surface area contributed by atoms with E-state index in [-0.39, 0.29) is 0 Å². The number of rotatable bonds is 5. The van der Waals surface area contributed by atoms with Crippen molar-refractivity contribution in [1.29, 1.82) is 0 Å². The van der Waals surface area contributed by atoms with E-state index in [1.807, 2.05) is 46.9 Å². The average Bonchev–Trinajstić information content (AvgIpc) is 2.81. The van der Waals surface area contributed by atoms with Gasteiger partial charge in [-0.2, -0.15) is 12.7 Å². The standard InChI is InChI=1S/C13H16IN3O3S/c1-16(2)21(18,19)17-9-15-13(14)12(17)8-10-4-6-11(20-3)7-5-10/h4-7,9H,8H2,1-3H3. The maximum absolute atomic E-state index is 12.3. The molecule has 0 bridgehead atoms. The van der Waals surface area contributed by atoms with Gasteiger partial charge in [0.05, 0.1) is 12.8 Å². The second-order valence-corrected chi connectivity index (χ2v) is 7.63. The zero-order valence-corrected chi connectivity index (χ0v) is 14.9. The number of hydrogen-bond acceptors (Lipinski definition) is 4. The van der Waals surface area contributed by atoms with Gasteiger partial charge < -0.3 is 4.74 Å². The summed E-state index contributed by atoms with van der Waals surface area (Å²) in [5.41, 5.74) is 1.64. The first-order valence-corrected chi connectivity index (χ1v) is 8.61. The lowest BCUT2D eigenvalue weighted by Gasteiger charge is -2.14.